The zero-order chi connectivity index (χ0) is 29.5. The Morgan fingerprint density at radius 2 is 2.02 bits per heavy atom. The first-order valence-electron chi connectivity index (χ1n) is 14.4. The molecule has 1 aromatic carbocycles. The van der Waals surface area contributed by atoms with E-state index in [1.165, 1.54) is 18.7 Å². The Bertz CT molecular complexity index is 1930. The van der Waals surface area contributed by atoms with Crippen LogP contribution in [0.3, 0.4) is 0 Å². The van der Waals surface area contributed by atoms with Crippen LogP contribution in [0.5, 0.6) is 11.5 Å². The van der Waals surface area contributed by atoms with Crippen LogP contribution in [0.1, 0.15) is 49.8 Å². The van der Waals surface area contributed by atoms with E-state index in [0.29, 0.717) is 46.5 Å². The molecule has 3 fully saturated rings. The van der Waals surface area contributed by atoms with E-state index >= 15 is 4.39 Å². The van der Waals surface area contributed by atoms with E-state index in [1.54, 1.807) is 35.8 Å². The highest BCUT2D eigenvalue weighted by Crippen LogP contribution is 2.43. The molecule has 5 aromatic rings. The summed E-state index contributed by atoms with van der Waals surface area (Å²) in [4.78, 5) is 32.6. The largest absolute Gasteiger partial charge is 0.457 e. The number of halogens is 1. The Morgan fingerprint density at radius 3 is 2.91 bits per heavy atom. The topological polar surface area (TPSA) is 110 Å². The molecule has 1 amide bonds. The van der Waals surface area contributed by atoms with E-state index in [2.05, 4.69) is 37.2 Å². The first-order valence-corrected chi connectivity index (χ1v) is 14.4. The third kappa shape index (κ3) is 5.09. The molecule has 1 saturated carbocycles. The molecule has 1 N–H and O–H groups in total. The van der Waals surface area contributed by atoms with E-state index in [1.807, 2.05) is 24.0 Å². The summed E-state index contributed by atoms with van der Waals surface area (Å²) in [6.45, 7) is 4.23. The van der Waals surface area contributed by atoms with Crippen molar-refractivity contribution >= 4 is 34.1 Å². The first-order chi connectivity index (χ1) is 21.0. The Labute approximate surface area is 247 Å². The highest BCUT2D eigenvalue weighted by Gasteiger charge is 2.41. The predicted molar refractivity (Wildman–Crippen MR) is 158 cm³/mol. The molecule has 2 aliphatic heterocycles. The lowest BCUT2D eigenvalue weighted by molar-refractivity contribution is -0.129. The molecular formula is C32H29FN8O2. The molecule has 10 nitrogen and oxygen atoms in total. The third-order valence-corrected chi connectivity index (χ3v) is 8.45. The van der Waals surface area contributed by atoms with Crippen LogP contribution in [-0.4, -0.2) is 52.9 Å². The van der Waals surface area contributed by atoms with Gasteiger partial charge in [0.2, 0.25) is 0 Å². The number of anilines is 2. The van der Waals surface area contributed by atoms with Gasteiger partial charge >= 0.3 is 0 Å². The fourth-order valence-electron chi connectivity index (χ4n) is 6.35. The number of hydrogen-bond donors (Lipinski definition) is 1. The Balaban J connectivity index is 1.16. The van der Waals surface area contributed by atoms with Crippen LogP contribution in [-0.2, 0) is 4.79 Å². The molecular weight excluding hydrogens is 547 g/mol. The number of carbonyl (C=O) groups excluding carboxylic acids is 1. The smallest absolute Gasteiger partial charge is 0.298 e. The van der Waals surface area contributed by atoms with Crippen molar-refractivity contribution in [3.05, 3.63) is 72.3 Å². The van der Waals surface area contributed by atoms with Crippen molar-refractivity contribution in [2.45, 2.75) is 51.5 Å². The number of aromatic nitrogens is 6. The Hall–Kier alpha value is -5.11. The fraction of sp³-hybridized carbons (Fsp3) is 0.312. The SMILES string of the molecule is CC#CC(=O)N1CC2CCC[C@H]1C[C@H]2c1ccc2ncnc(Nc3cc(C)c(Oc4ccn5ncnc5c4)cc3F)c2n1. The van der Waals surface area contributed by atoms with Crippen molar-refractivity contribution in [1.82, 2.24) is 34.4 Å². The number of carbonyl (C=O) groups is 1. The number of ether oxygens (including phenoxy) is 1. The van der Waals surface area contributed by atoms with E-state index < -0.39 is 5.82 Å². The van der Waals surface area contributed by atoms with Gasteiger partial charge in [0.15, 0.2) is 11.5 Å². The second-order valence-corrected chi connectivity index (χ2v) is 11.1. The molecule has 11 heteroatoms. The van der Waals surface area contributed by atoms with Crippen molar-refractivity contribution in [2.24, 2.45) is 5.92 Å². The van der Waals surface area contributed by atoms with Crippen LogP contribution < -0.4 is 10.1 Å². The summed E-state index contributed by atoms with van der Waals surface area (Å²) < 4.78 is 23.0. The van der Waals surface area contributed by atoms with Crippen LogP contribution in [0.4, 0.5) is 15.9 Å². The molecule has 43 heavy (non-hydrogen) atoms. The second kappa shape index (κ2) is 10.9. The summed E-state index contributed by atoms with van der Waals surface area (Å²) in [6, 6.07) is 10.6. The van der Waals surface area contributed by atoms with E-state index in [-0.39, 0.29) is 23.6 Å². The average Bonchev–Trinajstić information content (AvgIpc) is 3.25. The molecule has 216 valence electrons. The molecule has 3 aliphatic rings. The maximum atomic E-state index is 15.4. The molecule has 1 aliphatic carbocycles. The molecule has 2 bridgehead atoms. The van der Waals surface area contributed by atoms with Crippen molar-refractivity contribution in [1.29, 1.82) is 0 Å². The molecule has 4 aromatic heterocycles. The molecule has 0 spiro atoms. The molecule has 8 rings (SSSR count). The number of pyridine rings is 2. The van der Waals surface area contributed by atoms with E-state index in [4.69, 9.17) is 9.72 Å². The molecule has 3 atom stereocenters. The number of aryl methyl sites for hydroxylation is 1. The van der Waals surface area contributed by atoms with Crippen molar-refractivity contribution < 1.29 is 13.9 Å². The highest BCUT2D eigenvalue weighted by atomic mass is 19.1. The van der Waals surface area contributed by atoms with Gasteiger partial charge in [0.25, 0.3) is 5.91 Å². The predicted octanol–water partition coefficient (Wildman–Crippen LogP) is 5.56. The number of nitrogens with zero attached hydrogens (tertiary/aromatic N) is 7. The van der Waals surface area contributed by atoms with Crippen LogP contribution in [0.25, 0.3) is 16.7 Å². The number of rotatable bonds is 5. The lowest BCUT2D eigenvalue weighted by atomic mass is 9.80. The quantitative estimate of drug-likeness (QED) is 0.271. The normalized spacial score (nSPS) is 19.6. The van der Waals surface area contributed by atoms with Crippen molar-refractivity contribution in [2.75, 3.05) is 11.9 Å². The fourth-order valence-corrected chi connectivity index (χ4v) is 6.35. The van der Waals surface area contributed by atoms with Crippen LogP contribution in [0, 0.1) is 30.5 Å². The summed E-state index contributed by atoms with van der Waals surface area (Å²) >= 11 is 0. The minimum Gasteiger partial charge on any atom is -0.457 e. The van der Waals surface area contributed by atoms with Gasteiger partial charge in [-0.3, -0.25) is 4.79 Å². The third-order valence-electron chi connectivity index (χ3n) is 8.45. The Morgan fingerprint density at radius 1 is 1.12 bits per heavy atom. The zero-order valence-electron chi connectivity index (χ0n) is 23.8. The summed E-state index contributed by atoms with van der Waals surface area (Å²) in [7, 11) is 0. The molecule has 2 saturated heterocycles. The maximum absolute atomic E-state index is 15.4. The summed E-state index contributed by atoms with van der Waals surface area (Å²) in [5.74, 6) is 6.72. The number of hydrogen-bond acceptors (Lipinski definition) is 8. The number of fused-ring (bicyclic) bond motifs is 6. The zero-order valence-corrected chi connectivity index (χ0v) is 23.8. The van der Waals surface area contributed by atoms with Crippen LogP contribution in [0.15, 0.2) is 55.2 Å². The molecule has 6 heterocycles. The van der Waals surface area contributed by atoms with Gasteiger partial charge in [-0.15, -0.1) is 0 Å². The van der Waals surface area contributed by atoms with Crippen LogP contribution in [0.2, 0.25) is 0 Å². The van der Waals surface area contributed by atoms with E-state index in [9.17, 15) is 4.79 Å². The van der Waals surface area contributed by atoms with Crippen LogP contribution >= 0.6 is 0 Å². The van der Waals surface area contributed by atoms with E-state index in [0.717, 1.165) is 36.9 Å². The Kier molecular flexibility index (Phi) is 6.81. The number of amides is 1. The highest BCUT2D eigenvalue weighted by molar-refractivity contribution is 5.93. The molecule has 1 unspecified atom stereocenters. The van der Waals surface area contributed by atoms with Crippen molar-refractivity contribution in [3.63, 3.8) is 0 Å². The van der Waals surface area contributed by atoms with Gasteiger partial charge in [-0.25, -0.2) is 28.8 Å². The summed E-state index contributed by atoms with van der Waals surface area (Å²) in [6.07, 6.45) is 8.56. The maximum Gasteiger partial charge on any atom is 0.298 e. The van der Waals surface area contributed by atoms with Crippen molar-refractivity contribution in [3.8, 4) is 23.3 Å². The monoisotopic (exact) mass is 576 g/mol. The lowest BCUT2D eigenvalue weighted by Gasteiger charge is -2.40. The lowest BCUT2D eigenvalue weighted by Crippen LogP contribution is -2.47. The van der Waals surface area contributed by atoms with Gasteiger partial charge in [0.05, 0.1) is 11.2 Å². The van der Waals surface area contributed by atoms with Gasteiger partial charge in [-0.1, -0.05) is 12.3 Å². The minimum atomic E-state index is -0.493. The first kappa shape index (κ1) is 26.8. The summed E-state index contributed by atoms with van der Waals surface area (Å²) in [5, 5.41) is 7.23. The molecule has 0 radical (unpaired) electrons. The van der Waals surface area contributed by atoms with Gasteiger partial charge in [-0.05, 0) is 74.8 Å². The standard InChI is InChI=1S/C32H29FN8O2/c1-3-5-30(42)40-16-20-6-4-7-21(40)13-23(20)25-8-9-26-31(38-25)32(36-17-34-26)39-27-12-19(2)28(15-24(27)33)43-22-10-11-41-29(14-22)35-18-37-41/h8-12,14-15,17-18,20-21,23H,4,6-7,13,16H2,1-2H3,(H,34,36,39)/t20?,21-,23+/m0/s1. The van der Waals surface area contributed by atoms with Gasteiger partial charge < -0.3 is 15.0 Å². The van der Waals surface area contributed by atoms with Gasteiger partial charge in [0, 0.05) is 42.5 Å². The summed E-state index contributed by atoms with van der Waals surface area (Å²) in [5.41, 5.74) is 3.80. The van der Waals surface area contributed by atoms with Gasteiger partial charge in [-0.2, -0.15) is 5.10 Å². The minimum absolute atomic E-state index is 0.0886. The van der Waals surface area contributed by atoms with Gasteiger partial charge in [0.1, 0.15) is 35.5 Å². The number of nitrogens with one attached hydrogen (secondary N) is 1. The number of piperidine rings is 1. The average molecular weight is 577 g/mol. The number of benzene rings is 1. The second-order valence-electron chi connectivity index (χ2n) is 11.1.